The van der Waals surface area contributed by atoms with Crippen molar-refractivity contribution >= 4 is 101 Å². The fourth-order valence-electron chi connectivity index (χ4n) is 2.74. The predicted molar refractivity (Wildman–Crippen MR) is 139 cm³/mol. The van der Waals surface area contributed by atoms with Crippen LogP contribution in [-0.2, 0) is 20.0 Å². The quantitative estimate of drug-likeness (QED) is 0.373. The first-order chi connectivity index (χ1) is 15.5. The van der Waals surface area contributed by atoms with E-state index in [1.165, 1.54) is 24.3 Å². The Morgan fingerprint density at radius 2 is 0.853 bits per heavy atom. The molecule has 0 bridgehead atoms. The summed E-state index contributed by atoms with van der Waals surface area (Å²) in [4.78, 5) is -0.377. The Hall–Kier alpha value is -0.840. The Balaban J connectivity index is 2.22. The van der Waals surface area contributed by atoms with Crippen molar-refractivity contribution < 1.29 is 16.8 Å². The molecule has 34 heavy (non-hydrogen) atoms. The number of aryl methyl sites for hydroxylation is 2. The molecule has 2 aromatic carbocycles. The van der Waals surface area contributed by atoms with Gasteiger partial charge < -0.3 is 0 Å². The van der Waals surface area contributed by atoms with Crippen molar-refractivity contribution in [3.8, 4) is 0 Å². The van der Waals surface area contributed by atoms with Crippen LogP contribution >= 0.6 is 69.6 Å². The standard InChI is InChI=1S/C20H14Cl6N2O4S2/c1-11-3-7-13(8-4-11)33(29,30)27-17-15(21)16(22)18(20(25,26)19(17,23)24)28-34(31,32)14-9-5-12(2)6-10-14/h3-10H,1-2H3. The molecule has 0 N–H and O–H groups in total. The molecular formula is C20H14Cl6N2O4S2. The summed E-state index contributed by atoms with van der Waals surface area (Å²) in [5.41, 5.74) is 0.232. The molecule has 0 atom stereocenters. The van der Waals surface area contributed by atoms with Crippen LogP contribution in [0.3, 0.4) is 0 Å². The highest BCUT2D eigenvalue weighted by Gasteiger charge is 2.61. The third-order valence-corrected chi connectivity index (χ3v) is 10.3. The molecule has 0 heterocycles. The molecule has 6 nitrogen and oxygen atoms in total. The van der Waals surface area contributed by atoms with Crippen LogP contribution in [0, 0.1) is 13.8 Å². The summed E-state index contributed by atoms with van der Waals surface area (Å²) in [7, 11) is -8.78. The summed E-state index contributed by atoms with van der Waals surface area (Å²) >= 11 is 37.9. The summed E-state index contributed by atoms with van der Waals surface area (Å²) in [5, 5.41) is -1.17. The summed E-state index contributed by atoms with van der Waals surface area (Å²) < 4.78 is 53.5. The third kappa shape index (κ3) is 5.15. The van der Waals surface area contributed by atoms with E-state index in [1.807, 2.05) is 0 Å². The zero-order valence-electron chi connectivity index (χ0n) is 17.2. The number of halogens is 6. The minimum Gasteiger partial charge on any atom is -0.199 e. The van der Waals surface area contributed by atoms with Crippen LogP contribution in [0.1, 0.15) is 11.1 Å². The van der Waals surface area contributed by atoms with Crippen LogP contribution < -0.4 is 0 Å². The van der Waals surface area contributed by atoms with Gasteiger partial charge in [-0.25, -0.2) is 0 Å². The van der Waals surface area contributed by atoms with E-state index in [4.69, 9.17) is 69.6 Å². The molecule has 14 heteroatoms. The Kier molecular flexibility index (Phi) is 7.80. The number of sulfonamides is 2. The van der Waals surface area contributed by atoms with Crippen molar-refractivity contribution in [1.29, 1.82) is 0 Å². The number of nitrogens with zero attached hydrogens (tertiary/aromatic N) is 2. The van der Waals surface area contributed by atoms with E-state index >= 15 is 0 Å². The van der Waals surface area contributed by atoms with Gasteiger partial charge in [0.1, 0.15) is 11.4 Å². The summed E-state index contributed by atoms with van der Waals surface area (Å²) in [6.45, 7) is 3.54. The maximum absolute atomic E-state index is 12.8. The number of hydrogen-bond donors (Lipinski definition) is 0. The van der Waals surface area contributed by atoms with E-state index in [2.05, 4.69) is 8.80 Å². The van der Waals surface area contributed by atoms with E-state index < -0.39 is 50.2 Å². The highest BCUT2D eigenvalue weighted by atomic mass is 35.5. The Bertz CT molecular complexity index is 1330. The third-order valence-electron chi connectivity index (χ3n) is 4.66. The van der Waals surface area contributed by atoms with Gasteiger partial charge in [0.2, 0.25) is 8.67 Å². The van der Waals surface area contributed by atoms with Gasteiger partial charge in [0, 0.05) is 0 Å². The van der Waals surface area contributed by atoms with Crippen LogP contribution in [-0.4, -0.2) is 36.9 Å². The first-order valence-electron chi connectivity index (χ1n) is 9.16. The van der Waals surface area contributed by atoms with E-state index in [9.17, 15) is 16.8 Å². The van der Waals surface area contributed by atoms with Gasteiger partial charge in [0.05, 0.1) is 19.9 Å². The number of alkyl halides is 4. The summed E-state index contributed by atoms with van der Waals surface area (Å²) in [6.07, 6.45) is 0. The van der Waals surface area contributed by atoms with Crippen molar-refractivity contribution in [2.75, 3.05) is 0 Å². The van der Waals surface area contributed by atoms with Crippen molar-refractivity contribution in [3.63, 3.8) is 0 Å². The Labute approximate surface area is 227 Å². The zero-order valence-corrected chi connectivity index (χ0v) is 23.4. The molecule has 1 aliphatic rings. The van der Waals surface area contributed by atoms with E-state index in [1.54, 1.807) is 38.1 Å². The minimum absolute atomic E-state index is 0.188. The average molecular weight is 623 g/mol. The van der Waals surface area contributed by atoms with E-state index in [0.717, 1.165) is 11.1 Å². The maximum Gasteiger partial charge on any atom is 0.282 e. The van der Waals surface area contributed by atoms with Crippen LogP contribution in [0.25, 0.3) is 0 Å². The van der Waals surface area contributed by atoms with Crippen molar-refractivity contribution in [3.05, 3.63) is 69.7 Å². The normalized spacial score (nSPS) is 20.7. The molecule has 2 aromatic rings. The first kappa shape index (κ1) is 27.7. The fourth-order valence-corrected chi connectivity index (χ4v) is 6.80. The zero-order chi connectivity index (χ0) is 25.7. The molecule has 0 aliphatic heterocycles. The average Bonchev–Trinajstić information content (AvgIpc) is 2.74. The van der Waals surface area contributed by atoms with Crippen molar-refractivity contribution in [1.82, 2.24) is 0 Å². The minimum atomic E-state index is -4.39. The maximum atomic E-state index is 12.8. The van der Waals surface area contributed by atoms with Gasteiger partial charge in [0.15, 0.2) is 0 Å². The summed E-state index contributed by atoms with van der Waals surface area (Å²) in [5.74, 6) is 0. The SMILES string of the molecule is Cc1ccc(S(=O)(=O)N=C2C(Cl)=C(Cl)C(=NS(=O)(=O)c3ccc(C)cc3)C(Cl)(Cl)C2(Cl)Cl)cc1. The number of benzene rings is 2. The number of allylic oxidation sites excluding steroid dienone is 2. The second-order valence-electron chi connectivity index (χ2n) is 7.23. The topological polar surface area (TPSA) is 93.0 Å². The van der Waals surface area contributed by atoms with Gasteiger partial charge in [-0.05, 0) is 38.1 Å². The predicted octanol–water partition coefficient (Wildman–Crippen LogP) is 6.31. The molecule has 0 amide bonds. The highest BCUT2D eigenvalue weighted by molar-refractivity contribution is 7.90. The Morgan fingerprint density at radius 1 is 0.588 bits per heavy atom. The molecule has 182 valence electrons. The van der Waals surface area contributed by atoms with Gasteiger partial charge in [-0.3, -0.25) is 0 Å². The lowest BCUT2D eigenvalue weighted by molar-refractivity contribution is 0.595. The summed E-state index contributed by atoms with van der Waals surface area (Å²) in [6, 6.07) is 11.5. The van der Waals surface area contributed by atoms with Crippen LogP contribution in [0.4, 0.5) is 0 Å². The van der Waals surface area contributed by atoms with Crippen molar-refractivity contribution in [2.45, 2.75) is 32.3 Å². The van der Waals surface area contributed by atoms with Gasteiger partial charge in [-0.2, -0.15) is 25.6 Å². The lowest BCUT2D eigenvalue weighted by atomic mass is 10.0. The molecule has 3 rings (SSSR count). The Morgan fingerprint density at radius 3 is 1.12 bits per heavy atom. The highest BCUT2D eigenvalue weighted by Crippen LogP contribution is 2.53. The van der Waals surface area contributed by atoms with Gasteiger partial charge in [-0.1, -0.05) is 105 Å². The molecule has 1 aliphatic carbocycles. The van der Waals surface area contributed by atoms with Crippen LogP contribution in [0.15, 0.2) is 77.2 Å². The lowest BCUT2D eigenvalue weighted by Gasteiger charge is -2.38. The van der Waals surface area contributed by atoms with Crippen LogP contribution in [0.5, 0.6) is 0 Å². The van der Waals surface area contributed by atoms with Crippen molar-refractivity contribution in [2.24, 2.45) is 8.80 Å². The van der Waals surface area contributed by atoms with E-state index in [0.29, 0.717) is 0 Å². The lowest BCUT2D eigenvalue weighted by Crippen LogP contribution is -2.53. The number of rotatable bonds is 4. The molecule has 0 aromatic heterocycles. The monoisotopic (exact) mass is 620 g/mol. The fraction of sp³-hybridized carbons (Fsp3) is 0.200. The van der Waals surface area contributed by atoms with Crippen LogP contribution in [0.2, 0.25) is 0 Å². The molecule has 0 spiro atoms. The molecule has 0 unspecified atom stereocenters. The van der Waals surface area contributed by atoms with E-state index in [-0.39, 0.29) is 9.79 Å². The molecule has 0 radical (unpaired) electrons. The van der Waals surface area contributed by atoms with Gasteiger partial charge in [-0.15, -0.1) is 0 Å². The van der Waals surface area contributed by atoms with Gasteiger partial charge in [0.25, 0.3) is 20.0 Å². The number of hydrogen-bond acceptors (Lipinski definition) is 4. The van der Waals surface area contributed by atoms with Gasteiger partial charge >= 0.3 is 0 Å². The molecule has 0 fully saturated rings. The molecule has 0 saturated heterocycles. The first-order valence-corrected chi connectivity index (χ1v) is 14.3. The second-order valence-corrected chi connectivity index (χ2v) is 13.9. The smallest absolute Gasteiger partial charge is 0.199 e. The molecular weight excluding hydrogens is 609 g/mol. The second kappa shape index (κ2) is 9.56. The molecule has 0 saturated carbocycles. The largest absolute Gasteiger partial charge is 0.282 e.